The van der Waals surface area contributed by atoms with Gasteiger partial charge in [-0.1, -0.05) is 44.1 Å². The molecule has 2 aliphatic rings. The Morgan fingerprint density at radius 2 is 1.71 bits per heavy atom. The molecule has 2 heteroatoms. The van der Waals surface area contributed by atoms with E-state index in [2.05, 4.69) is 73.3 Å². The maximum Gasteiger partial charge on any atom is 0.0273 e. The summed E-state index contributed by atoms with van der Waals surface area (Å²) < 4.78 is 0. The lowest BCUT2D eigenvalue weighted by Gasteiger charge is -2.06. The summed E-state index contributed by atoms with van der Waals surface area (Å²) in [5.74, 6) is 0. The van der Waals surface area contributed by atoms with Crippen LogP contribution in [0.2, 0.25) is 0 Å². The van der Waals surface area contributed by atoms with Crippen molar-refractivity contribution in [2.75, 3.05) is 0 Å². The Morgan fingerprint density at radius 1 is 0.958 bits per heavy atom. The zero-order valence-electron chi connectivity index (χ0n) is 14.9. The SMILES string of the molecule is CC1=CC(c2ccncc2)=CC(C2=CCC=NC=C2)=CC1.CCC. The fourth-order valence-electron chi connectivity index (χ4n) is 2.48. The highest BCUT2D eigenvalue weighted by Crippen LogP contribution is 2.28. The summed E-state index contributed by atoms with van der Waals surface area (Å²) >= 11 is 0. The zero-order chi connectivity index (χ0) is 17.2. The molecule has 3 rings (SSSR count). The van der Waals surface area contributed by atoms with Crippen LogP contribution in [0, 0.1) is 0 Å². The third-order valence-electron chi connectivity index (χ3n) is 3.59. The van der Waals surface area contributed by atoms with E-state index in [1.165, 1.54) is 34.3 Å². The molecule has 1 aliphatic carbocycles. The van der Waals surface area contributed by atoms with E-state index in [-0.39, 0.29) is 0 Å². The first-order valence-corrected chi connectivity index (χ1v) is 8.62. The molecule has 0 radical (unpaired) electrons. The van der Waals surface area contributed by atoms with Gasteiger partial charge in [-0.2, -0.15) is 0 Å². The van der Waals surface area contributed by atoms with Crippen molar-refractivity contribution in [2.24, 2.45) is 4.99 Å². The Hall–Kier alpha value is -2.48. The van der Waals surface area contributed by atoms with Crippen molar-refractivity contribution >= 4 is 11.8 Å². The summed E-state index contributed by atoms with van der Waals surface area (Å²) in [5, 5.41) is 0. The van der Waals surface area contributed by atoms with Crippen molar-refractivity contribution < 1.29 is 0 Å². The number of hydrogen-bond acceptors (Lipinski definition) is 2. The van der Waals surface area contributed by atoms with Gasteiger partial charge in [0.05, 0.1) is 0 Å². The Labute approximate surface area is 145 Å². The van der Waals surface area contributed by atoms with Crippen molar-refractivity contribution in [3.63, 3.8) is 0 Å². The van der Waals surface area contributed by atoms with Crippen molar-refractivity contribution in [1.82, 2.24) is 4.98 Å². The molecule has 0 unspecified atom stereocenters. The molecule has 0 bridgehead atoms. The molecule has 124 valence electrons. The van der Waals surface area contributed by atoms with E-state index in [0.717, 1.165) is 12.8 Å². The van der Waals surface area contributed by atoms with E-state index in [9.17, 15) is 0 Å². The van der Waals surface area contributed by atoms with Crippen LogP contribution in [-0.2, 0) is 0 Å². The van der Waals surface area contributed by atoms with E-state index in [1.54, 1.807) is 0 Å². The van der Waals surface area contributed by atoms with Crippen LogP contribution < -0.4 is 0 Å². The minimum Gasteiger partial charge on any atom is -0.269 e. The van der Waals surface area contributed by atoms with Crippen molar-refractivity contribution in [3.05, 3.63) is 83.4 Å². The first kappa shape index (κ1) is 17.9. The van der Waals surface area contributed by atoms with E-state index in [4.69, 9.17) is 0 Å². The molecule has 0 amide bonds. The van der Waals surface area contributed by atoms with Gasteiger partial charge in [0, 0.05) is 31.2 Å². The average Bonchev–Trinajstić information content (AvgIpc) is 2.97. The molecule has 2 heterocycles. The quantitative estimate of drug-likeness (QED) is 0.649. The van der Waals surface area contributed by atoms with Gasteiger partial charge in [-0.25, -0.2) is 0 Å². The highest BCUT2D eigenvalue weighted by atomic mass is 14.7. The van der Waals surface area contributed by atoms with E-state index < -0.39 is 0 Å². The second kappa shape index (κ2) is 9.61. The standard InChI is InChI=1S/C19H18N2.C3H8/c1-15-4-5-18(16-3-2-9-20-10-6-16)14-19(13-15)17-7-11-21-12-8-17;1-3-2/h3,5-14H,2,4H2,1H3;3H2,1-2H3. The van der Waals surface area contributed by atoms with Crippen LogP contribution >= 0.6 is 0 Å². The van der Waals surface area contributed by atoms with Crippen molar-refractivity contribution in [2.45, 2.75) is 40.0 Å². The lowest BCUT2D eigenvalue weighted by molar-refractivity contribution is 1.09. The Morgan fingerprint density at radius 3 is 2.46 bits per heavy atom. The molecule has 1 aromatic rings. The molecule has 24 heavy (non-hydrogen) atoms. The first-order chi connectivity index (χ1) is 11.7. The average molecular weight is 318 g/mol. The number of rotatable bonds is 2. The predicted molar refractivity (Wildman–Crippen MR) is 105 cm³/mol. The number of nitrogens with zero attached hydrogens (tertiary/aromatic N) is 2. The number of aromatic nitrogens is 1. The molecule has 0 aromatic carbocycles. The molecule has 0 N–H and O–H groups in total. The fraction of sp³-hybridized carbons (Fsp3) is 0.273. The summed E-state index contributed by atoms with van der Waals surface area (Å²) in [4.78, 5) is 8.31. The summed E-state index contributed by atoms with van der Waals surface area (Å²) in [6.07, 6.45) is 21.7. The third kappa shape index (κ3) is 5.31. The minimum absolute atomic E-state index is 0.879. The van der Waals surface area contributed by atoms with E-state index in [1.807, 2.05) is 24.8 Å². The molecule has 0 fully saturated rings. The minimum atomic E-state index is 0.879. The smallest absolute Gasteiger partial charge is 0.0273 e. The molecule has 0 spiro atoms. The largest absolute Gasteiger partial charge is 0.269 e. The van der Waals surface area contributed by atoms with E-state index >= 15 is 0 Å². The predicted octanol–water partition coefficient (Wildman–Crippen LogP) is 6.07. The molecular weight excluding hydrogens is 292 g/mol. The van der Waals surface area contributed by atoms with E-state index in [0.29, 0.717) is 0 Å². The molecule has 1 aliphatic heterocycles. The number of pyridine rings is 1. The van der Waals surface area contributed by atoms with Gasteiger partial charge < -0.3 is 0 Å². The number of hydrogen-bond donors (Lipinski definition) is 0. The normalized spacial score (nSPS) is 16.6. The highest BCUT2D eigenvalue weighted by molar-refractivity contribution is 5.79. The second-order valence-electron chi connectivity index (χ2n) is 5.94. The van der Waals surface area contributed by atoms with Crippen LogP contribution in [0.25, 0.3) is 5.57 Å². The third-order valence-corrected chi connectivity index (χ3v) is 3.59. The van der Waals surface area contributed by atoms with Gasteiger partial charge in [-0.15, -0.1) is 0 Å². The molecule has 1 aromatic heterocycles. The molecule has 0 saturated heterocycles. The maximum absolute atomic E-state index is 4.20. The van der Waals surface area contributed by atoms with Crippen LogP contribution in [0.5, 0.6) is 0 Å². The van der Waals surface area contributed by atoms with Crippen LogP contribution in [0.3, 0.4) is 0 Å². The Kier molecular flexibility index (Phi) is 7.16. The highest BCUT2D eigenvalue weighted by Gasteiger charge is 2.08. The lowest BCUT2D eigenvalue weighted by atomic mass is 9.99. The van der Waals surface area contributed by atoms with Gasteiger partial charge in [0.25, 0.3) is 0 Å². The summed E-state index contributed by atoms with van der Waals surface area (Å²) in [6, 6.07) is 4.11. The van der Waals surface area contributed by atoms with Crippen LogP contribution in [-0.4, -0.2) is 11.2 Å². The van der Waals surface area contributed by atoms with Crippen molar-refractivity contribution in [1.29, 1.82) is 0 Å². The zero-order valence-corrected chi connectivity index (χ0v) is 14.9. The molecule has 0 saturated carbocycles. The van der Waals surface area contributed by atoms with Gasteiger partial charge in [0.1, 0.15) is 0 Å². The summed E-state index contributed by atoms with van der Waals surface area (Å²) in [6.45, 7) is 6.43. The molecule has 2 nitrogen and oxygen atoms in total. The molecule has 0 atom stereocenters. The van der Waals surface area contributed by atoms with Gasteiger partial charge in [-0.3, -0.25) is 9.98 Å². The van der Waals surface area contributed by atoms with Gasteiger partial charge in [0.15, 0.2) is 0 Å². The number of allylic oxidation sites excluding steroid dienone is 9. The fourth-order valence-corrected chi connectivity index (χ4v) is 2.48. The van der Waals surface area contributed by atoms with Gasteiger partial charge in [0.2, 0.25) is 0 Å². The van der Waals surface area contributed by atoms with Gasteiger partial charge in [-0.05, 0) is 59.9 Å². The van der Waals surface area contributed by atoms with Crippen molar-refractivity contribution in [3.8, 4) is 0 Å². The molecular formula is C22H26N2. The van der Waals surface area contributed by atoms with Gasteiger partial charge >= 0.3 is 0 Å². The Balaban J connectivity index is 0.000000647. The number of aliphatic imine (C=N–C) groups is 1. The topological polar surface area (TPSA) is 25.2 Å². The monoisotopic (exact) mass is 318 g/mol. The first-order valence-electron chi connectivity index (χ1n) is 8.62. The lowest BCUT2D eigenvalue weighted by Crippen LogP contribution is -1.87. The van der Waals surface area contributed by atoms with Crippen LogP contribution in [0.1, 0.15) is 45.6 Å². The summed E-state index contributed by atoms with van der Waals surface area (Å²) in [7, 11) is 0. The van der Waals surface area contributed by atoms with Crippen LogP contribution in [0.4, 0.5) is 0 Å². The maximum atomic E-state index is 4.20. The van der Waals surface area contributed by atoms with Crippen LogP contribution in [0.15, 0.2) is 82.8 Å². The summed E-state index contributed by atoms with van der Waals surface area (Å²) in [5.41, 5.74) is 6.30. The second-order valence-corrected chi connectivity index (χ2v) is 5.94. The Bertz CT molecular complexity index is 714.